The fourth-order valence-electron chi connectivity index (χ4n) is 2.38. The molecule has 1 aliphatic heterocycles. The fourth-order valence-corrected chi connectivity index (χ4v) is 2.38. The van der Waals surface area contributed by atoms with E-state index in [0.717, 1.165) is 13.0 Å². The van der Waals surface area contributed by atoms with E-state index in [1.165, 1.54) is 17.7 Å². The van der Waals surface area contributed by atoms with Crippen LogP contribution in [0.15, 0.2) is 16.7 Å². The lowest BCUT2D eigenvalue weighted by molar-refractivity contribution is 0.222. The minimum atomic E-state index is 0.106. The van der Waals surface area contributed by atoms with E-state index in [-0.39, 0.29) is 5.54 Å². The quantitative estimate of drug-likeness (QED) is 0.781. The summed E-state index contributed by atoms with van der Waals surface area (Å²) in [5.74, 6) is 1.81. The van der Waals surface area contributed by atoms with E-state index in [1.807, 2.05) is 6.26 Å². The second-order valence-electron chi connectivity index (χ2n) is 4.45. The summed E-state index contributed by atoms with van der Waals surface area (Å²) in [7, 11) is 0. The number of furan rings is 1. The van der Waals surface area contributed by atoms with Gasteiger partial charge in [-0.25, -0.2) is 0 Å². The Balaban J connectivity index is 2.39. The second-order valence-corrected chi connectivity index (χ2v) is 4.45. The minimum Gasteiger partial charge on any atom is -0.469 e. The van der Waals surface area contributed by atoms with Crippen molar-refractivity contribution in [3.63, 3.8) is 0 Å². The van der Waals surface area contributed by atoms with Crippen LogP contribution in [0.3, 0.4) is 0 Å². The molecule has 1 aromatic heterocycles. The topological polar surface area (TPSA) is 25.2 Å². The summed E-state index contributed by atoms with van der Waals surface area (Å²) in [5, 5.41) is 3.63. The van der Waals surface area contributed by atoms with Crippen LogP contribution >= 0.6 is 0 Å². The van der Waals surface area contributed by atoms with Crippen molar-refractivity contribution in [1.82, 2.24) is 5.32 Å². The molecule has 0 spiro atoms. The van der Waals surface area contributed by atoms with Gasteiger partial charge in [0.25, 0.3) is 0 Å². The van der Waals surface area contributed by atoms with E-state index in [1.54, 1.807) is 0 Å². The molecule has 1 aromatic rings. The molecule has 0 aliphatic carbocycles. The summed E-state index contributed by atoms with van der Waals surface area (Å²) in [6.07, 6.45) is 4.03. The van der Waals surface area contributed by atoms with Crippen LogP contribution in [0, 0.1) is 5.92 Å². The molecule has 0 bridgehead atoms. The molecule has 0 radical (unpaired) electrons. The first-order valence-corrected chi connectivity index (χ1v) is 5.50. The van der Waals surface area contributed by atoms with Gasteiger partial charge in [-0.3, -0.25) is 0 Å². The van der Waals surface area contributed by atoms with Gasteiger partial charge in [-0.2, -0.15) is 0 Å². The largest absolute Gasteiger partial charge is 0.469 e. The number of hydrogen-bond acceptors (Lipinski definition) is 2. The molecule has 2 unspecified atom stereocenters. The predicted octanol–water partition coefficient (Wildman–Crippen LogP) is 2.69. The molecule has 2 rings (SSSR count). The molecule has 0 fully saturated rings. The molecule has 14 heavy (non-hydrogen) atoms. The molecule has 2 atom stereocenters. The van der Waals surface area contributed by atoms with Gasteiger partial charge in [-0.15, -0.1) is 0 Å². The zero-order valence-electron chi connectivity index (χ0n) is 9.26. The van der Waals surface area contributed by atoms with Crippen LogP contribution in [0.4, 0.5) is 0 Å². The Hall–Kier alpha value is -0.760. The number of rotatable bonds is 2. The molecule has 2 heterocycles. The SMILES string of the molecule is CCC(C)C1(C)NCCc2occc21. The Morgan fingerprint density at radius 1 is 1.64 bits per heavy atom. The molecular weight excluding hydrogens is 174 g/mol. The van der Waals surface area contributed by atoms with Crippen LogP contribution in [0.2, 0.25) is 0 Å². The van der Waals surface area contributed by atoms with Gasteiger partial charge in [0, 0.05) is 24.1 Å². The van der Waals surface area contributed by atoms with Crippen LogP contribution in [0.25, 0.3) is 0 Å². The standard InChI is InChI=1S/C12H19NO/c1-4-9(2)12(3)10-6-8-14-11(10)5-7-13-12/h6,8-9,13H,4-5,7H2,1-3H3. The van der Waals surface area contributed by atoms with Crippen LogP contribution in [-0.4, -0.2) is 6.54 Å². The second kappa shape index (κ2) is 3.43. The van der Waals surface area contributed by atoms with Crippen LogP contribution in [0.5, 0.6) is 0 Å². The van der Waals surface area contributed by atoms with E-state index in [9.17, 15) is 0 Å². The van der Waals surface area contributed by atoms with Gasteiger partial charge in [-0.05, 0) is 18.9 Å². The third kappa shape index (κ3) is 1.29. The molecule has 78 valence electrons. The highest BCUT2D eigenvalue weighted by Gasteiger charge is 2.37. The zero-order chi connectivity index (χ0) is 10.2. The van der Waals surface area contributed by atoms with E-state index < -0.39 is 0 Å². The van der Waals surface area contributed by atoms with Crippen LogP contribution in [0.1, 0.15) is 38.5 Å². The van der Waals surface area contributed by atoms with Gasteiger partial charge in [0.05, 0.1) is 6.26 Å². The van der Waals surface area contributed by atoms with Gasteiger partial charge < -0.3 is 9.73 Å². The van der Waals surface area contributed by atoms with Crippen molar-refractivity contribution in [1.29, 1.82) is 0 Å². The van der Waals surface area contributed by atoms with Gasteiger partial charge >= 0.3 is 0 Å². The van der Waals surface area contributed by atoms with Crippen LogP contribution < -0.4 is 5.32 Å². The minimum absolute atomic E-state index is 0.106. The van der Waals surface area contributed by atoms with Gasteiger partial charge in [0.15, 0.2) is 0 Å². The highest BCUT2D eigenvalue weighted by molar-refractivity contribution is 5.29. The highest BCUT2D eigenvalue weighted by atomic mass is 16.3. The smallest absolute Gasteiger partial charge is 0.110 e. The molecule has 1 N–H and O–H groups in total. The lowest BCUT2D eigenvalue weighted by Crippen LogP contribution is -2.48. The van der Waals surface area contributed by atoms with E-state index >= 15 is 0 Å². The Bertz CT molecular complexity index is 318. The molecule has 0 aromatic carbocycles. The van der Waals surface area contributed by atoms with Crippen molar-refractivity contribution >= 4 is 0 Å². The van der Waals surface area contributed by atoms with Crippen molar-refractivity contribution in [2.75, 3.05) is 6.54 Å². The number of fused-ring (bicyclic) bond motifs is 1. The van der Waals surface area contributed by atoms with Gasteiger partial charge in [0.2, 0.25) is 0 Å². The monoisotopic (exact) mass is 193 g/mol. The molecule has 0 saturated carbocycles. The summed E-state index contributed by atoms with van der Waals surface area (Å²) in [5.41, 5.74) is 1.47. The van der Waals surface area contributed by atoms with Crippen molar-refractivity contribution in [3.05, 3.63) is 23.7 Å². The average molecular weight is 193 g/mol. The average Bonchev–Trinajstić information content (AvgIpc) is 2.66. The first-order chi connectivity index (χ1) is 6.68. The van der Waals surface area contributed by atoms with Gasteiger partial charge in [0.1, 0.15) is 5.76 Å². The van der Waals surface area contributed by atoms with Crippen molar-refractivity contribution < 1.29 is 4.42 Å². The molecule has 1 aliphatic rings. The summed E-state index contributed by atoms with van der Waals surface area (Å²) in [6, 6.07) is 2.12. The Morgan fingerprint density at radius 3 is 3.14 bits per heavy atom. The first kappa shape index (κ1) is 9.78. The van der Waals surface area contributed by atoms with Crippen LogP contribution in [-0.2, 0) is 12.0 Å². The lowest BCUT2D eigenvalue weighted by atomic mass is 9.77. The fraction of sp³-hybridized carbons (Fsp3) is 0.667. The first-order valence-electron chi connectivity index (χ1n) is 5.50. The maximum atomic E-state index is 5.51. The maximum Gasteiger partial charge on any atom is 0.110 e. The Labute approximate surface area is 85.7 Å². The van der Waals surface area contributed by atoms with Crippen molar-refractivity contribution in [2.45, 2.75) is 39.2 Å². The zero-order valence-corrected chi connectivity index (χ0v) is 9.26. The van der Waals surface area contributed by atoms with Crippen molar-refractivity contribution in [3.8, 4) is 0 Å². The molecule has 2 heteroatoms. The Kier molecular flexibility index (Phi) is 2.40. The summed E-state index contributed by atoms with van der Waals surface area (Å²) in [6.45, 7) is 7.86. The molecular formula is C12H19NO. The summed E-state index contributed by atoms with van der Waals surface area (Å²) >= 11 is 0. The summed E-state index contributed by atoms with van der Waals surface area (Å²) < 4.78 is 5.51. The third-order valence-electron chi connectivity index (χ3n) is 3.75. The summed E-state index contributed by atoms with van der Waals surface area (Å²) in [4.78, 5) is 0. The van der Waals surface area contributed by atoms with E-state index in [4.69, 9.17) is 4.42 Å². The van der Waals surface area contributed by atoms with Gasteiger partial charge in [-0.1, -0.05) is 20.3 Å². The Morgan fingerprint density at radius 2 is 2.43 bits per heavy atom. The third-order valence-corrected chi connectivity index (χ3v) is 3.75. The maximum absolute atomic E-state index is 5.51. The highest BCUT2D eigenvalue weighted by Crippen LogP contribution is 2.36. The van der Waals surface area contributed by atoms with E-state index in [2.05, 4.69) is 32.2 Å². The molecule has 0 saturated heterocycles. The normalized spacial score (nSPS) is 28.5. The van der Waals surface area contributed by atoms with E-state index in [0.29, 0.717) is 5.92 Å². The molecule has 2 nitrogen and oxygen atoms in total. The number of nitrogens with one attached hydrogen (secondary N) is 1. The van der Waals surface area contributed by atoms with Crippen molar-refractivity contribution in [2.24, 2.45) is 5.92 Å². The number of hydrogen-bond donors (Lipinski definition) is 1. The molecule has 0 amide bonds. The lowest BCUT2D eigenvalue weighted by Gasteiger charge is -2.39. The predicted molar refractivity (Wildman–Crippen MR) is 57.2 cm³/mol.